The second-order valence-electron chi connectivity index (χ2n) is 4.50. The van der Waals surface area contributed by atoms with Crippen LogP contribution in [0.15, 0.2) is 64.4 Å². The van der Waals surface area contributed by atoms with E-state index in [4.69, 9.17) is 0 Å². The molecule has 0 nitrogen and oxygen atoms in total. The van der Waals surface area contributed by atoms with E-state index in [-0.39, 0.29) is 0 Å². The van der Waals surface area contributed by atoms with Crippen LogP contribution in [0.5, 0.6) is 0 Å². The van der Waals surface area contributed by atoms with Crippen molar-refractivity contribution in [2.45, 2.75) is 29.6 Å². The van der Waals surface area contributed by atoms with Crippen molar-refractivity contribution in [3.8, 4) is 0 Å². The topological polar surface area (TPSA) is 0 Å². The maximum absolute atomic E-state index is 2.39. The van der Waals surface area contributed by atoms with Gasteiger partial charge >= 0.3 is 0 Å². The van der Waals surface area contributed by atoms with E-state index in [1.807, 2.05) is 11.8 Å². The molecule has 2 aromatic carbocycles. The lowest BCUT2D eigenvalue weighted by Gasteiger charge is -2.21. The van der Waals surface area contributed by atoms with E-state index in [0.717, 1.165) is 6.42 Å². The molecule has 0 saturated heterocycles. The molecule has 90 valence electrons. The molecule has 0 amide bonds. The van der Waals surface area contributed by atoms with Gasteiger partial charge in [0.05, 0.1) is 0 Å². The minimum Gasteiger partial charge on any atom is -0.0888 e. The van der Waals surface area contributed by atoms with E-state index < -0.39 is 0 Å². The van der Waals surface area contributed by atoms with Gasteiger partial charge in [-0.25, -0.2) is 0 Å². The highest BCUT2D eigenvalue weighted by molar-refractivity contribution is 7.99. The summed E-state index contributed by atoms with van der Waals surface area (Å²) in [5.41, 5.74) is 4.17. The van der Waals surface area contributed by atoms with E-state index in [1.54, 1.807) is 0 Å². The van der Waals surface area contributed by atoms with Crippen molar-refractivity contribution in [1.82, 2.24) is 0 Å². The fourth-order valence-electron chi connectivity index (χ4n) is 2.33. The number of unbranched alkanes of at least 4 members (excludes halogenated alkanes) is 1. The Morgan fingerprint density at radius 2 is 1.44 bits per heavy atom. The Hall–Kier alpha value is -1.47. The van der Waals surface area contributed by atoms with E-state index >= 15 is 0 Å². The number of benzene rings is 2. The fourth-order valence-corrected chi connectivity index (χ4v) is 3.43. The van der Waals surface area contributed by atoms with Gasteiger partial charge in [0.15, 0.2) is 0 Å². The van der Waals surface area contributed by atoms with E-state index in [0.29, 0.717) is 0 Å². The van der Waals surface area contributed by atoms with Crippen LogP contribution in [0.3, 0.4) is 0 Å². The highest BCUT2D eigenvalue weighted by Crippen LogP contribution is 2.45. The second-order valence-corrected chi connectivity index (χ2v) is 5.58. The average Bonchev–Trinajstić information content (AvgIpc) is 2.43. The molecule has 1 aliphatic heterocycles. The molecule has 1 heteroatoms. The Balaban J connectivity index is 2.18. The van der Waals surface area contributed by atoms with Gasteiger partial charge < -0.3 is 0 Å². The summed E-state index contributed by atoms with van der Waals surface area (Å²) in [5.74, 6) is 0. The molecule has 0 radical (unpaired) electrons. The number of rotatable bonds is 2. The molecule has 0 saturated carbocycles. The lowest BCUT2D eigenvalue weighted by Crippen LogP contribution is -1.98. The average molecular weight is 252 g/mol. The van der Waals surface area contributed by atoms with Gasteiger partial charge in [-0.3, -0.25) is 0 Å². The minimum absolute atomic E-state index is 1.14. The van der Waals surface area contributed by atoms with Crippen LogP contribution in [-0.4, -0.2) is 0 Å². The minimum atomic E-state index is 1.14. The largest absolute Gasteiger partial charge is 0.0888 e. The van der Waals surface area contributed by atoms with Crippen LogP contribution in [0.2, 0.25) is 0 Å². The number of hydrogen-bond donors (Lipinski definition) is 0. The van der Waals surface area contributed by atoms with Crippen LogP contribution in [0, 0.1) is 0 Å². The van der Waals surface area contributed by atoms with Gasteiger partial charge in [-0.15, -0.1) is 0 Å². The van der Waals surface area contributed by atoms with Gasteiger partial charge in [0.25, 0.3) is 0 Å². The molecule has 1 aliphatic rings. The zero-order chi connectivity index (χ0) is 12.4. The van der Waals surface area contributed by atoms with E-state index in [9.17, 15) is 0 Å². The van der Waals surface area contributed by atoms with Crippen LogP contribution in [0.25, 0.3) is 5.57 Å². The maximum atomic E-state index is 2.39. The molecule has 0 aromatic heterocycles. The van der Waals surface area contributed by atoms with Crippen molar-refractivity contribution in [3.63, 3.8) is 0 Å². The first-order chi connectivity index (χ1) is 8.90. The van der Waals surface area contributed by atoms with Gasteiger partial charge in [0, 0.05) is 9.79 Å². The molecule has 0 atom stereocenters. The first-order valence-electron chi connectivity index (χ1n) is 6.47. The molecule has 0 aliphatic carbocycles. The van der Waals surface area contributed by atoms with Gasteiger partial charge in [-0.1, -0.05) is 67.6 Å². The predicted molar refractivity (Wildman–Crippen MR) is 79.0 cm³/mol. The summed E-state index contributed by atoms with van der Waals surface area (Å²) in [6.07, 6.45) is 4.72. The normalized spacial score (nSPS) is 12.8. The van der Waals surface area contributed by atoms with E-state index in [2.05, 4.69) is 61.5 Å². The quantitative estimate of drug-likeness (QED) is 0.590. The molecule has 0 spiro atoms. The fraction of sp³-hybridized carbons (Fsp3) is 0.176. The zero-order valence-electron chi connectivity index (χ0n) is 10.5. The third-order valence-corrected chi connectivity index (χ3v) is 4.36. The molecule has 0 unspecified atom stereocenters. The molecule has 0 fully saturated rings. The monoisotopic (exact) mass is 252 g/mol. The Bertz CT molecular complexity index is 549. The summed E-state index contributed by atoms with van der Waals surface area (Å²) < 4.78 is 0. The van der Waals surface area contributed by atoms with Crippen molar-refractivity contribution in [3.05, 3.63) is 65.7 Å². The molecular formula is C17H16S. The molecule has 18 heavy (non-hydrogen) atoms. The molecule has 2 aromatic rings. The number of fused-ring (bicyclic) bond motifs is 2. The molecule has 0 bridgehead atoms. The van der Waals surface area contributed by atoms with Gasteiger partial charge in [-0.05, 0) is 35.3 Å². The van der Waals surface area contributed by atoms with Crippen LogP contribution < -0.4 is 0 Å². The van der Waals surface area contributed by atoms with Crippen molar-refractivity contribution in [2.75, 3.05) is 0 Å². The van der Waals surface area contributed by atoms with Crippen LogP contribution in [0.1, 0.15) is 30.9 Å². The maximum Gasteiger partial charge on any atom is 0.0201 e. The first kappa shape index (κ1) is 11.6. The zero-order valence-corrected chi connectivity index (χ0v) is 11.3. The summed E-state index contributed by atoms with van der Waals surface area (Å²) in [7, 11) is 0. The van der Waals surface area contributed by atoms with Gasteiger partial charge in [0.1, 0.15) is 0 Å². The highest BCUT2D eigenvalue weighted by Gasteiger charge is 2.19. The second kappa shape index (κ2) is 5.03. The lowest BCUT2D eigenvalue weighted by atomic mass is 9.96. The van der Waals surface area contributed by atoms with Crippen LogP contribution in [-0.2, 0) is 0 Å². The standard InChI is InChI=1S/C17H16S/c1-2-3-8-13-14-9-4-6-11-16(14)18-17-12-7-5-10-15(13)17/h4-12H,2-3H2,1H3. The van der Waals surface area contributed by atoms with Gasteiger partial charge in [-0.2, -0.15) is 0 Å². The first-order valence-corrected chi connectivity index (χ1v) is 7.28. The summed E-state index contributed by atoms with van der Waals surface area (Å²) in [5, 5.41) is 0. The van der Waals surface area contributed by atoms with Crippen molar-refractivity contribution in [1.29, 1.82) is 0 Å². The summed E-state index contributed by atoms with van der Waals surface area (Å²) in [6.45, 7) is 2.23. The summed E-state index contributed by atoms with van der Waals surface area (Å²) in [6, 6.07) is 17.4. The summed E-state index contributed by atoms with van der Waals surface area (Å²) >= 11 is 1.88. The van der Waals surface area contributed by atoms with Crippen molar-refractivity contribution in [2.24, 2.45) is 0 Å². The van der Waals surface area contributed by atoms with Gasteiger partial charge in [0.2, 0.25) is 0 Å². The molecular weight excluding hydrogens is 236 g/mol. The Morgan fingerprint density at radius 3 is 2.00 bits per heavy atom. The van der Waals surface area contributed by atoms with E-state index in [1.165, 1.54) is 32.9 Å². The summed E-state index contributed by atoms with van der Waals surface area (Å²) in [4.78, 5) is 2.75. The van der Waals surface area contributed by atoms with Crippen LogP contribution in [0.4, 0.5) is 0 Å². The Kier molecular flexibility index (Phi) is 3.24. The lowest BCUT2D eigenvalue weighted by molar-refractivity contribution is 0.958. The predicted octanol–water partition coefficient (Wildman–Crippen LogP) is 5.38. The Labute approximate surface area is 113 Å². The molecule has 1 heterocycles. The van der Waals surface area contributed by atoms with Crippen molar-refractivity contribution < 1.29 is 0 Å². The third-order valence-electron chi connectivity index (χ3n) is 3.21. The highest BCUT2D eigenvalue weighted by atomic mass is 32.2. The smallest absolute Gasteiger partial charge is 0.0201 e. The Morgan fingerprint density at radius 1 is 0.889 bits per heavy atom. The molecule has 3 rings (SSSR count). The molecule has 0 N–H and O–H groups in total. The number of hydrogen-bond acceptors (Lipinski definition) is 1. The van der Waals surface area contributed by atoms with Crippen LogP contribution >= 0.6 is 11.8 Å². The SMILES string of the molecule is CCCC=C1c2ccccc2Sc2ccccc21. The number of allylic oxidation sites excluding steroid dienone is 1. The van der Waals surface area contributed by atoms with Crippen molar-refractivity contribution >= 4 is 17.3 Å². The third kappa shape index (κ3) is 1.99.